The van der Waals surface area contributed by atoms with Crippen molar-refractivity contribution < 1.29 is 14.5 Å². The van der Waals surface area contributed by atoms with Crippen molar-refractivity contribution >= 4 is 28.9 Å². The lowest BCUT2D eigenvalue weighted by atomic mass is 10.1. The number of nitrogens with two attached hydrogens (primary N) is 1. The van der Waals surface area contributed by atoms with Gasteiger partial charge in [-0.2, -0.15) is 0 Å². The highest BCUT2D eigenvalue weighted by molar-refractivity contribution is 6.05. The molecule has 0 saturated heterocycles. The number of anilines is 2. The Morgan fingerprint density at radius 2 is 1.72 bits per heavy atom. The van der Waals surface area contributed by atoms with Crippen LogP contribution in [0.3, 0.4) is 0 Å². The van der Waals surface area contributed by atoms with Gasteiger partial charge in [-0.05, 0) is 49.2 Å². The lowest BCUT2D eigenvalue weighted by Crippen LogP contribution is -2.14. The van der Waals surface area contributed by atoms with Crippen molar-refractivity contribution in [3.8, 4) is 0 Å². The molecule has 0 aliphatic heterocycles. The first-order chi connectivity index (χ1) is 11.9. The van der Waals surface area contributed by atoms with Crippen molar-refractivity contribution in [1.29, 1.82) is 0 Å². The normalized spacial score (nSPS) is 13.1. The van der Waals surface area contributed by atoms with E-state index < -0.39 is 16.7 Å². The van der Waals surface area contributed by atoms with Crippen LogP contribution in [0, 0.1) is 10.1 Å². The minimum Gasteiger partial charge on any atom is -0.377 e. The maximum absolute atomic E-state index is 12.3. The molecule has 1 saturated carbocycles. The van der Waals surface area contributed by atoms with E-state index in [9.17, 15) is 19.7 Å². The van der Waals surface area contributed by atoms with Crippen molar-refractivity contribution in [3.63, 3.8) is 0 Å². The molecule has 3 rings (SSSR count). The van der Waals surface area contributed by atoms with Gasteiger partial charge in [0, 0.05) is 28.9 Å². The highest BCUT2D eigenvalue weighted by atomic mass is 16.6. The predicted molar refractivity (Wildman–Crippen MR) is 92.7 cm³/mol. The second-order valence-corrected chi connectivity index (χ2v) is 5.80. The molecule has 8 heteroatoms. The molecule has 1 fully saturated rings. The van der Waals surface area contributed by atoms with Crippen LogP contribution in [0.25, 0.3) is 0 Å². The zero-order chi connectivity index (χ0) is 18.0. The van der Waals surface area contributed by atoms with Crippen LogP contribution in [0.15, 0.2) is 42.5 Å². The van der Waals surface area contributed by atoms with E-state index in [2.05, 4.69) is 10.6 Å². The van der Waals surface area contributed by atoms with Gasteiger partial charge in [0.1, 0.15) is 5.69 Å². The summed E-state index contributed by atoms with van der Waals surface area (Å²) in [5.41, 5.74) is 6.39. The zero-order valence-electron chi connectivity index (χ0n) is 13.2. The number of nitrogens with one attached hydrogen (secondary N) is 2. The van der Waals surface area contributed by atoms with Crippen molar-refractivity contribution in [2.45, 2.75) is 18.9 Å². The topological polar surface area (TPSA) is 127 Å². The molecule has 25 heavy (non-hydrogen) atoms. The second-order valence-electron chi connectivity index (χ2n) is 5.80. The number of nitro benzene ring substituents is 1. The molecule has 2 aromatic rings. The maximum atomic E-state index is 12.3. The van der Waals surface area contributed by atoms with E-state index in [1.165, 1.54) is 36.4 Å². The monoisotopic (exact) mass is 340 g/mol. The Hall–Kier alpha value is -3.42. The molecule has 0 aromatic heterocycles. The Kier molecular flexibility index (Phi) is 4.34. The fourth-order valence-corrected chi connectivity index (χ4v) is 2.31. The molecule has 128 valence electrons. The number of amides is 2. The highest BCUT2D eigenvalue weighted by Crippen LogP contribution is 2.31. The number of carbonyl (C=O) groups is 2. The Morgan fingerprint density at radius 1 is 1.08 bits per heavy atom. The van der Waals surface area contributed by atoms with Crippen LogP contribution in [0.2, 0.25) is 0 Å². The third kappa shape index (κ3) is 3.92. The van der Waals surface area contributed by atoms with Gasteiger partial charge in [0.15, 0.2) is 0 Å². The van der Waals surface area contributed by atoms with E-state index in [1.54, 1.807) is 6.07 Å². The lowest BCUT2D eigenvalue weighted by Gasteiger charge is -2.09. The van der Waals surface area contributed by atoms with E-state index in [0.29, 0.717) is 16.9 Å². The van der Waals surface area contributed by atoms with Crippen molar-refractivity contribution in [2.24, 2.45) is 5.73 Å². The minimum absolute atomic E-state index is 0.136. The van der Waals surface area contributed by atoms with Crippen LogP contribution in [0.5, 0.6) is 0 Å². The van der Waals surface area contributed by atoms with Crippen molar-refractivity contribution in [3.05, 3.63) is 63.7 Å². The molecule has 1 aliphatic carbocycles. The third-order valence-corrected chi connectivity index (χ3v) is 3.82. The number of nitrogens with zero attached hydrogens (tertiary/aromatic N) is 1. The van der Waals surface area contributed by atoms with Crippen LogP contribution in [-0.4, -0.2) is 22.8 Å². The second kappa shape index (κ2) is 6.60. The molecule has 2 aromatic carbocycles. The Morgan fingerprint density at radius 3 is 2.28 bits per heavy atom. The molecule has 1 aliphatic rings. The lowest BCUT2D eigenvalue weighted by molar-refractivity contribution is -0.384. The number of nitro groups is 1. The van der Waals surface area contributed by atoms with E-state index >= 15 is 0 Å². The van der Waals surface area contributed by atoms with Gasteiger partial charge in [0.25, 0.3) is 11.6 Å². The number of carbonyl (C=O) groups excluding carboxylic acids is 2. The molecule has 0 radical (unpaired) electrons. The zero-order valence-corrected chi connectivity index (χ0v) is 13.2. The quantitative estimate of drug-likeness (QED) is 0.550. The van der Waals surface area contributed by atoms with Crippen LogP contribution in [0.4, 0.5) is 17.1 Å². The Labute approximate surface area is 143 Å². The Balaban J connectivity index is 1.77. The largest absolute Gasteiger partial charge is 0.377 e. The number of primary amides is 1. The summed E-state index contributed by atoms with van der Waals surface area (Å²) < 4.78 is 0. The Bertz CT molecular complexity index is 844. The molecule has 2 amide bonds. The van der Waals surface area contributed by atoms with Gasteiger partial charge in [-0.25, -0.2) is 0 Å². The van der Waals surface area contributed by atoms with Crippen molar-refractivity contribution in [2.75, 3.05) is 10.6 Å². The van der Waals surface area contributed by atoms with Crippen LogP contribution < -0.4 is 16.4 Å². The standard InChI is InChI=1S/C17H16N4O4/c18-16(22)10-1-4-13(5-2-10)20-17(23)11-3-8-14(19-12-6-7-12)15(9-11)21(24)25/h1-5,8-9,12,19H,6-7H2,(H2,18,22)(H,20,23). The predicted octanol–water partition coefficient (Wildman–Crippen LogP) is 2.52. The molecule has 0 heterocycles. The van der Waals surface area contributed by atoms with Gasteiger partial charge in [0.05, 0.1) is 4.92 Å². The maximum Gasteiger partial charge on any atom is 0.293 e. The summed E-state index contributed by atoms with van der Waals surface area (Å²) in [6.45, 7) is 0. The van der Waals surface area contributed by atoms with E-state index in [-0.39, 0.29) is 17.3 Å². The summed E-state index contributed by atoms with van der Waals surface area (Å²) in [6.07, 6.45) is 1.97. The van der Waals surface area contributed by atoms with Crippen LogP contribution >= 0.6 is 0 Å². The number of benzene rings is 2. The minimum atomic E-state index is -0.563. The van der Waals surface area contributed by atoms with Crippen LogP contribution in [0.1, 0.15) is 33.6 Å². The SMILES string of the molecule is NC(=O)c1ccc(NC(=O)c2ccc(NC3CC3)c([N+](=O)[O-])c2)cc1. The molecular weight excluding hydrogens is 324 g/mol. The van der Waals surface area contributed by atoms with Crippen molar-refractivity contribution in [1.82, 2.24) is 0 Å². The van der Waals surface area contributed by atoms with Gasteiger partial charge in [-0.15, -0.1) is 0 Å². The summed E-state index contributed by atoms with van der Waals surface area (Å²) in [4.78, 5) is 34.1. The summed E-state index contributed by atoms with van der Waals surface area (Å²) in [6, 6.07) is 10.6. The summed E-state index contributed by atoms with van der Waals surface area (Å²) in [5, 5.41) is 17.0. The number of rotatable bonds is 6. The van der Waals surface area contributed by atoms with E-state index in [0.717, 1.165) is 12.8 Å². The average Bonchev–Trinajstić information content (AvgIpc) is 3.39. The summed E-state index contributed by atoms with van der Waals surface area (Å²) in [5.74, 6) is -1.04. The number of hydrogen-bond acceptors (Lipinski definition) is 5. The van der Waals surface area contributed by atoms with Gasteiger partial charge in [-0.3, -0.25) is 19.7 Å². The first-order valence-corrected chi connectivity index (χ1v) is 7.70. The fraction of sp³-hybridized carbons (Fsp3) is 0.176. The van der Waals surface area contributed by atoms with Gasteiger partial charge in [-0.1, -0.05) is 0 Å². The van der Waals surface area contributed by atoms with Crippen LogP contribution in [-0.2, 0) is 0 Å². The third-order valence-electron chi connectivity index (χ3n) is 3.82. The number of hydrogen-bond donors (Lipinski definition) is 3. The molecule has 0 atom stereocenters. The summed E-state index contributed by atoms with van der Waals surface area (Å²) in [7, 11) is 0. The molecule has 4 N–H and O–H groups in total. The van der Waals surface area contributed by atoms with Gasteiger partial charge < -0.3 is 16.4 Å². The van der Waals surface area contributed by atoms with Gasteiger partial charge in [0.2, 0.25) is 5.91 Å². The molecule has 8 nitrogen and oxygen atoms in total. The summed E-state index contributed by atoms with van der Waals surface area (Å²) >= 11 is 0. The first-order valence-electron chi connectivity index (χ1n) is 7.70. The molecular formula is C17H16N4O4. The average molecular weight is 340 g/mol. The fourth-order valence-electron chi connectivity index (χ4n) is 2.31. The molecule has 0 spiro atoms. The van der Waals surface area contributed by atoms with E-state index in [4.69, 9.17) is 5.73 Å². The molecule has 0 unspecified atom stereocenters. The first kappa shape index (κ1) is 16.4. The molecule has 0 bridgehead atoms. The van der Waals surface area contributed by atoms with Gasteiger partial charge >= 0.3 is 0 Å². The smallest absolute Gasteiger partial charge is 0.293 e. The highest BCUT2D eigenvalue weighted by Gasteiger charge is 2.25. The van der Waals surface area contributed by atoms with E-state index in [1.807, 2.05) is 0 Å².